The first-order chi connectivity index (χ1) is 18.2. The zero-order valence-corrected chi connectivity index (χ0v) is 24.3. The Morgan fingerprint density at radius 1 is 1.13 bits per heavy atom. The lowest BCUT2D eigenvalue weighted by atomic mass is 10.00. The van der Waals surface area contributed by atoms with Crippen molar-refractivity contribution >= 4 is 15.6 Å². The average Bonchev–Trinajstić information content (AvgIpc) is 3.34. The first kappa shape index (κ1) is 31.3. The van der Waals surface area contributed by atoms with Gasteiger partial charge < -0.3 is 29.4 Å². The number of hydrogen-bond acceptors (Lipinski definition) is 7. The molecule has 3 rings (SSSR count). The number of methoxy groups -OCH3 is 2. The minimum absolute atomic E-state index is 0.0951. The second kappa shape index (κ2) is 14.9. The van der Waals surface area contributed by atoms with Gasteiger partial charge >= 0.3 is 0 Å². The third kappa shape index (κ3) is 7.58. The molecule has 2 N–H and O–H groups in total. The number of benzene rings is 2. The van der Waals surface area contributed by atoms with E-state index in [4.69, 9.17) is 18.9 Å². The molecule has 38 heavy (non-hydrogen) atoms. The first-order valence-electron chi connectivity index (χ1n) is 12.6. The van der Waals surface area contributed by atoms with Gasteiger partial charge in [0.15, 0.2) is 0 Å². The number of nitrogens with zero attached hydrogens (tertiary/aromatic N) is 1. The SMILES string of the molecule is C=C(NC)/C(C)=C\N(C=O)C1CC(O)C(COC(P)(c2ccc(OC)cc2)c2ccc(OC)cc2)O1.CC. The van der Waals surface area contributed by atoms with Crippen LogP contribution in [0.5, 0.6) is 11.5 Å². The van der Waals surface area contributed by atoms with Crippen LogP contribution in [0.25, 0.3) is 0 Å². The van der Waals surface area contributed by atoms with Gasteiger partial charge in [0.05, 0.1) is 26.9 Å². The standard InChI is InChI=1S/C27H35N2O6P.C2H6/c1-18(19(2)28-3)15-29(17-30)26-14-24(31)25(35-26)16-34-27(36,20-6-10-22(32-4)11-7-20)21-8-12-23(33-5)13-9-21;1-2/h6-13,15,17,24-26,28,31H,2,14,16,36H2,1,3-5H3;1-2H3/b18-15-;. The zero-order valence-electron chi connectivity index (χ0n) is 23.1. The van der Waals surface area contributed by atoms with Crippen molar-refractivity contribution in [2.45, 2.75) is 51.0 Å². The van der Waals surface area contributed by atoms with Gasteiger partial charge in [-0.25, -0.2) is 0 Å². The quantitative estimate of drug-likeness (QED) is 0.233. The second-order valence-electron chi connectivity index (χ2n) is 8.53. The van der Waals surface area contributed by atoms with Crippen molar-refractivity contribution in [2.75, 3.05) is 27.9 Å². The monoisotopic (exact) mass is 544 g/mol. The van der Waals surface area contributed by atoms with E-state index in [1.54, 1.807) is 27.5 Å². The number of amides is 1. The summed E-state index contributed by atoms with van der Waals surface area (Å²) in [6.07, 6.45) is 0.543. The van der Waals surface area contributed by atoms with E-state index in [9.17, 15) is 9.90 Å². The van der Waals surface area contributed by atoms with Crippen LogP contribution in [-0.2, 0) is 19.6 Å². The number of rotatable bonds is 12. The number of hydrogen-bond donors (Lipinski definition) is 2. The molecule has 4 atom stereocenters. The van der Waals surface area contributed by atoms with E-state index in [1.807, 2.05) is 69.3 Å². The van der Waals surface area contributed by atoms with Crippen LogP contribution in [0.3, 0.4) is 0 Å². The van der Waals surface area contributed by atoms with Gasteiger partial charge in [-0.1, -0.05) is 53.9 Å². The fraction of sp³-hybridized carbons (Fsp3) is 0.414. The fourth-order valence-electron chi connectivity index (χ4n) is 3.95. The highest BCUT2D eigenvalue weighted by Crippen LogP contribution is 2.42. The number of aliphatic hydroxyl groups is 1. The molecule has 0 radical (unpaired) electrons. The molecule has 0 spiro atoms. The molecule has 1 saturated heterocycles. The van der Waals surface area contributed by atoms with E-state index in [0.717, 1.165) is 28.2 Å². The molecule has 208 valence electrons. The van der Waals surface area contributed by atoms with Crippen molar-refractivity contribution in [3.63, 3.8) is 0 Å². The molecule has 0 bridgehead atoms. The number of likely N-dealkylation sites (N-methyl/N-ethyl adjacent to an activating group) is 1. The van der Waals surface area contributed by atoms with E-state index >= 15 is 0 Å². The lowest BCUT2D eigenvalue weighted by molar-refractivity contribution is -0.130. The predicted octanol–water partition coefficient (Wildman–Crippen LogP) is 4.39. The maximum absolute atomic E-state index is 11.8. The summed E-state index contributed by atoms with van der Waals surface area (Å²) in [5.74, 6) is 1.47. The van der Waals surface area contributed by atoms with Gasteiger partial charge in [0.25, 0.3) is 0 Å². The Balaban J connectivity index is 0.00000247. The molecule has 4 unspecified atom stereocenters. The summed E-state index contributed by atoms with van der Waals surface area (Å²) in [5, 5.41) is 12.8. The van der Waals surface area contributed by atoms with Gasteiger partial charge in [-0.3, -0.25) is 9.69 Å². The Bertz CT molecular complexity index is 1010. The van der Waals surface area contributed by atoms with Gasteiger partial charge in [0, 0.05) is 25.4 Å². The van der Waals surface area contributed by atoms with E-state index in [0.29, 0.717) is 12.1 Å². The van der Waals surface area contributed by atoms with Crippen molar-refractivity contribution in [1.82, 2.24) is 10.2 Å². The molecule has 2 aromatic rings. The minimum atomic E-state index is -0.926. The lowest BCUT2D eigenvalue weighted by Gasteiger charge is -2.33. The number of carbonyl (C=O) groups excluding carboxylic acids is 1. The number of allylic oxidation sites excluding steroid dienone is 1. The average molecular weight is 545 g/mol. The van der Waals surface area contributed by atoms with Crippen LogP contribution in [-0.4, -0.2) is 62.7 Å². The number of aliphatic hydroxyl groups excluding tert-OH is 1. The molecule has 1 heterocycles. The third-order valence-corrected chi connectivity index (χ3v) is 7.13. The van der Waals surface area contributed by atoms with Crippen molar-refractivity contribution in [3.05, 3.63) is 83.7 Å². The van der Waals surface area contributed by atoms with Gasteiger partial charge in [-0.05, 0) is 47.9 Å². The molecule has 0 aromatic heterocycles. The Hall–Kier alpha value is -2.90. The Morgan fingerprint density at radius 3 is 2.05 bits per heavy atom. The van der Waals surface area contributed by atoms with E-state index < -0.39 is 23.8 Å². The molecule has 1 aliphatic heterocycles. The topological polar surface area (TPSA) is 89.5 Å². The molecule has 1 amide bonds. The summed E-state index contributed by atoms with van der Waals surface area (Å²) in [5.41, 5.74) is 3.22. The van der Waals surface area contributed by atoms with Crippen LogP contribution in [0, 0.1) is 0 Å². The number of carbonyl (C=O) groups is 1. The molecular formula is C29H41N2O6P. The normalized spacial score (nSPS) is 19.2. The van der Waals surface area contributed by atoms with Gasteiger partial charge in [0.2, 0.25) is 6.41 Å². The third-order valence-electron chi connectivity index (χ3n) is 6.29. The van der Waals surface area contributed by atoms with Crippen molar-refractivity contribution < 1.29 is 28.8 Å². The Labute approximate surface area is 228 Å². The summed E-state index contributed by atoms with van der Waals surface area (Å²) in [6, 6.07) is 15.2. The smallest absolute Gasteiger partial charge is 0.215 e. The molecule has 0 saturated carbocycles. The van der Waals surface area contributed by atoms with E-state index in [1.165, 1.54) is 4.90 Å². The van der Waals surface area contributed by atoms with Crippen LogP contribution in [0.1, 0.15) is 38.3 Å². The largest absolute Gasteiger partial charge is 0.497 e. The maximum Gasteiger partial charge on any atom is 0.215 e. The summed E-state index contributed by atoms with van der Waals surface area (Å²) in [7, 11) is 7.78. The first-order valence-corrected chi connectivity index (χ1v) is 13.2. The summed E-state index contributed by atoms with van der Waals surface area (Å²) >= 11 is 0. The van der Waals surface area contributed by atoms with Crippen LogP contribution in [0.15, 0.2) is 72.6 Å². The molecule has 2 aromatic carbocycles. The summed E-state index contributed by atoms with van der Waals surface area (Å²) in [4.78, 5) is 13.2. The van der Waals surface area contributed by atoms with Crippen LogP contribution < -0.4 is 14.8 Å². The van der Waals surface area contributed by atoms with Crippen LogP contribution >= 0.6 is 9.24 Å². The number of ether oxygens (including phenoxy) is 4. The second-order valence-corrected chi connectivity index (χ2v) is 9.34. The molecule has 1 aliphatic rings. The Morgan fingerprint density at radius 2 is 1.63 bits per heavy atom. The van der Waals surface area contributed by atoms with Gasteiger partial charge in [0.1, 0.15) is 29.2 Å². The summed E-state index contributed by atoms with van der Waals surface area (Å²) < 4.78 is 23.1. The van der Waals surface area contributed by atoms with Crippen molar-refractivity contribution in [2.24, 2.45) is 0 Å². The zero-order chi connectivity index (χ0) is 28.3. The molecule has 0 aliphatic carbocycles. The highest BCUT2D eigenvalue weighted by Gasteiger charge is 2.39. The molecule has 9 heteroatoms. The van der Waals surface area contributed by atoms with Crippen molar-refractivity contribution in [3.8, 4) is 11.5 Å². The van der Waals surface area contributed by atoms with Crippen LogP contribution in [0.2, 0.25) is 0 Å². The molecule has 8 nitrogen and oxygen atoms in total. The predicted molar refractivity (Wildman–Crippen MR) is 153 cm³/mol. The minimum Gasteiger partial charge on any atom is -0.497 e. The molecule has 1 fully saturated rings. The fourth-order valence-corrected chi connectivity index (χ4v) is 4.43. The van der Waals surface area contributed by atoms with Gasteiger partial charge in [-0.2, -0.15) is 0 Å². The maximum atomic E-state index is 11.8. The molecular weight excluding hydrogens is 503 g/mol. The summed E-state index contributed by atoms with van der Waals surface area (Å²) in [6.45, 7) is 9.84. The van der Waals surface area contributed by atoms with Crippen LogP contribution in [0.4, 0.5) is 0 Å². The van der Waals surface area contributed by atoms with Gasteiger partial charge in [-0.15, -0.1) is 0 Å². The highest BCUT2D eigenvalue weighted by atomic mass is 31.0. The highest BCUT2D eigenvalue weighted by molar-refractivity contribution is 7.18. The lowest BCUT2D eigenvalue weighted by Crippen LogP contribution is -2.34. The van der Waals surface area contributed by atoms with E-state index in [2.05, 4.69) is 21.1 Å². The van der Waals surface area contributed by atoms with E-state index in [-0.39, 0.29) is 13.0 Å². The number of nitrogens with one attached hydrogen (secondary N) is 1. The van der Waals surface area contributed by atoms with Crippen molar-refractivity contribution in [1.29, 1.82) is 0 Å². The Kier molecular flexibility index (Phi) is 12.3.